The van der Waals surface area contributed by atoms with Crippen molar-refractivity contribution in [3.63, 3.8) is 0 Å². The lowest BCUT2D eigenvalue weighted by Gasteiger charge is -2.18. The van der Waals surface area contributed by atoms with Gasteiger partial charge in [-0.25, -0.2) is 0 Å². The fraction of sp³-hybridized carbons (Fsp3) is 0.667. The summed E-state index contributed by atoms with van der Waals surface area (Å²) in [5, 5.41) is 8.74. The lowest BCUT2D eigenvalue weighted by molar-refractivity contribution is -0.149. The molecule has 0 radical (unpaired) electrons. The molecule has 1 saturated heterocycles. The molecule has 0 aliphatic carbocycles. The molecule has 0 unspecified atom stereocenters. The highest BCUT2D eigenvalue weighted by Gasteiger charge is 2.28. The minimum Gasteiger partial charge on any atom is -0.455 e. The highest BCUT2D eigenvalue weighted by molar-refractivity contribution is 6.26. The van der Waals surface area contributed by atoms with Gasteiger partial charge >= 0.3 is 5.97 Å². The van der Waals surface area contributed by atoms with Crippen molar-refractivity contribution < 1.29 is 14.3 Å². The molecule has 1 amide bonds. The lowest BCUT2D eigenvalue weighted by Crippen LogP contribution is -2.37. The minimum atomic E-state index is -0.627. The Morgan fingerprint density at radius 2 is 2.33 bits per heavy atom. The second-order valence-electron chi connectivity index (χ2n) is 3.17. The number of carbonyl (C=O) groups is 2. The Morgan fingerprint density at radius 3 is 2.93 bits per heavy atom. The quantitative estimate of drug-likeness (QED) is 0.516. The Balaban J connectivity index is 2.40. The van der Waals surface area contributed by atoms with Crippen LogP contribution in [0.4, 0.5) is 0 Å². The number of amides is 1. The smallest absolute Gasteiger partial charge is 0.321 e. The number of hydrogen-bond donors (Lipinski definition) is 0. The van der Waals surface area contributed by atoms with E-state index in [0.717, 1.165) is 6.42 Å². The van der Waals surface area contributed by atoms with Gasteiger partial charge in [0.1, 0.15) is 11.9 Å². The van der Waals surface area contributed by atoms with E-state index in [1.165, 1.54) is 4.90 Å². The number of carbonyl (C=O) groups excluding carboxylic acids is 2. The van der Waals surface area contributed by atoms with Crippen LogP contribution in [0.3, 0.4) is 0 Å². The first kappa shape index (κ1) is 11.8. The van der Waals surface area contributed by atoms with E-state index in [2.05, 4.69) is 4.74 Å². The van der Waals surface area contributed by atoms with Crippen molar-refractivity contribution in [2.45, 2.75) is 18.9 Å². The topological polar surface area (TPSA) is 70.4 Å². The van der Waals surface area contributed by atoms with E-state index in [1.54, 1.807) is 0 Å². The van der Waals surface area contributed by atoms with Gasteiger partial charge in [0.25, 0.3) is 5.91 Å². The van der Waals surface area contributed by atoms with E-state index in [-0.39, 0.29) is 24.4 Å². The van der Waals surface area contributed by atoms with Crippen molar-refractivity contribution in [1.82, 2.24) is 4.90 Å². The average Bonchev–Trinajstić information content (AvgIpc) is 2.73. The maximum absolute atomic E-state index is 11.5. The zero-order chi connectivity index (χ0) is 11.3. The molecule has 0 N–H and O–H groups in total. The van der Waals surface area contributed by atoms with Crippen LogP contribution in [-0.2, 0) is 14.3 Å². The van der Waals surface area contributed by atoms with Crippen LogP contribution < -0.4 is 0 Å². The number of likely N-dealkylation sites (tertiary alicyclic amines) is 1. The maximum atomic E-state index is 11.5. The molecule has 0 saturated carbocycles. The standard InChI is InChI=1S/C9H11ClN2O3/c10-4-9(14)15-6-8(13)12-3-1-2-7(12)5-11/h7H,1-4,6H2/t7-/m0/s1. The predicted octanol–water partition coefficient (Wildman–Crippen LogP) is 0.283. The molecule has 6 heteroatoms. The van der Waals surface area contributed by atoms with Gasteiger partial charge in [-0.1, -0.05) is 0 Å². The van der Waals surface area contributed by atoms with Crippen LogP contribution in [0.25, 0.3) is 0 Å². The third-order valence-corrected chi connectivity index (χ3v) is 2.41. The molecule has 5 nitrogen and oxygen atoms in total. The van der Waals surface area contributed by atoms with Crippen molar-refractivity contribution in [1.29, 1.82) is 5.26 Å². The molecule has 1 aliphatic heterocycles. The molecule has 0 aromatic rings. The van der Waals surface area contributed by atoms with Gasteiger partial charge in [-0.05, 0) is 12.8 Å². The average molecular weight is 231 g/mol. The number of alkyl halides is 1. The molecule has 0 spiro atoms. The van der Waals surface area contributed by atoms with E-state index in [0.29, 0.717) is 13.0 Å². The van der Waals surface area contributed by atoms with Gasteiger partial charge in [0.15, 0.2) is 6.61 Å². The fourth-order valence-electron chi connectivity index (χ4n) is 1.46. The second-order valence-corrected chi connectivity index (χ2v) is 3.44. The summed E-state index contributed by atoms with van der Waals surface area (Å²) in [4.78, 5) is 23.6. The van der Waals surface area contributed by atoms with Crippen molar-refractivity contribution >= 4 is 23.5 Å². The summed E-state index contributed by atoms with van der Waals surface area (Å²) in [5.41, 5.74) is 0. The maximum Gasteiger partial charge on any atom is 0.321 e. The molecule has 1 aliphatic rings. The van der Waals surface area contributed by atoms with Crippen LogP contribution in [0.2, 0.25) is 0 Å². The largest absolute Gasteiger partial charge is 0.455 e. The Bertz CT molecular complexity index is 300. The van der Waals surface area contributed by atoms with Crippen molar-refractivity contribution in [3.05, 3.63) is 0 Å². The van der Waals surface area contributed by atoms with Crippen LogP contribution in [0.5, 0.6) is 0 Å². The summed E-state index contributed by atoms with van der Waals surface area (Å²) in [6, 6.07) is 1.65. The first-order valence-corrected chi connectivity index (χ1v) is 5.13. The number of nitrogens with zero attached hydrogens (tertiary/aromatic N) is 2. The van der Waals surface area contributed by atoms with Gasteiger partial charge in [-0.3, -0.25) is 9.59 Å². The first-order chi connectivity index (χ1) is 7.19. The normalized spacial score (nSPS) is 19.7. The number of hydrogen-bond acceptors (Lipinski definition) is 4. The van der Waals surface area contributed by atoms with Crippen LogP contribution in [0.15, 0.2) is 0 Å². The summed E-state index contributed by atoms with van der Waals surface area (Å²) in [5.74, 6) is -1.23. The number of ether oxygens (including phenoxy) is 1. The van der Waals surface area contributed by atoms with Gasteiger partial charge in [-0.15, -0.1) is 11.6 Å². The van der Waals surface area contributed by atoms with Gasteiger partial charge < -0.3 is 9.64 Å². The van der Waals surface area contributed by atoms with Crippen molar-refractivity contribution in [2.75, 3.05) is 19.0 Å². The Kier molecular flexibility index (Phi) is 4.37. The third-order valence-electron chi connectivity index (χ3n) is 2.19. The highest BCUT2D eigenvalue weighted by Crippen LogP contribution is 2.16. The van der Waals surface area contributed by atoms with Crippen LogP contribution >= 0.6 is 11.6 Å². The van der Waals surface area contributed by atoms with Crippen molar-refractivity contribution in [2.24, 2.45) is 0 Å². The molecule has 1 rings (SSSR count). The molecule has 0 bridgehead atoms. The molecule has 1 fully saturated rings. The molecule has 0 aromatic carbocycles. The van der Waals surface area contributed by atoms with Crippen LogP contribution in [0, 0.1) is 11.3 Å². The fourth-order valence-corrected chi connectivity index (χ4v) is 1.54. The number of rotatable bonds is 3. The van der Waals surface area contributed by atoms with E-state index in [4.69, 9.17) is 16.9 Å². The van der Waals surface area contributed by atoms with E-state index in [9.17, 15) is 9.59 Å². The molecule has 1 heterocycles. The molecular formula is C9H11ClN2O3. The SMILES string of the molecule is N#C[C@@H]1CCCN1C(=O)COC(=O)CCl. The molecule has 15 heavy (non-hydrogen) atoms. The highest BCUT2D eigenvalue weighted by atomic mass is 35.5. The summed E-state index contributed by atoms with van der Waals surface area (Å²) in [6.07, 6.45) is 1.50. The number of esters is 1. The summed E-state index contributed by atoms with van der Waals surface area (Å²) < 4.78 is 4.59. The lowest BCUT2D eigenvalue weighted by atomic mass is 10.2. The summed E-state index contributed by atoms with van der Waals surface area (Å²) >= 11 is 5.20. The van der Waals surface area contributed by atoms with Gasteiger partial charge in [0, 0.05) is 6.54 Å². The predicted molar refractivity (Wildman–Crippen MR) is 52.0 cm³/mol. The van der Waals surface area contributed by atoms with Crippen LogP contribution in [0.1, 0.15) is 12.8 Å². The van der Waals surface area contributed by atoms with E-state index in [1.807, 2.05) is 6.07 Å². The molecule has 82 valence electrons. The van der Waals surface area contributed by atoms with Gasteiger partial charge in [0.2, 0.25) is 0 Å². The monoisotopic (exact) mass is 230 g/mol. The Labute approximate surface area is 92.5 Å². The van der Waals surface area contributed by atoms with Gasteiger partial charge in [0.05, 0.1) is 6.07 Å². The zero-order valence-corrected chi connectivity index (χ0v) is 8.87. The molecular weight excluding hydrogens is 220 g/mol. The number of nitriles is 1. The molecule has 0 aromatic heterocycles. The Hall–Kier alpha value is -1.28. The van der Waals surface area contributed by atoms with E-state index >= 15 is 0 Å². The number of halogens is 1. The summed E-state index contributed by atoms with van der Waals surface area (Å²) in [6.45, 7) is 0.221. The third kappa shape index (κ3) is 3.10. The van der Waals surface area contributed by atoms with Crippen LogP contribution in [-0.4, -0.2) is 41.8 Å². The van der Waals surface area contributed by atoms with Crippen molar-refractivity contribution in [3.8, 4) is 6.07 Å². The molecule has 1 atom stereocenters. The zero-order valence-electron chi connectivity index (χ0n) is 8.11. The summed E-state index contributed by atoms with van der Waals surface area (Å²) in [7, 11) is 0. The minimum absolute atomic E-state index is 0.269. The van der Waals surface area contributed by atoms with E-state index < -0.39 is 5.97 Å². The van der Waals surface area contributed by atoms with Gasteiger partial charge in [-0.2, -0.15) is 5.26 Å². The first-order valence-electron chi connectivity index (χ1n) is 4.59. The second kappa shape index (κ2) is 5.56. The Morgan fingerprint density at radius 1 is 1.60 bits per heavy atom.